The molecule has 0 aromatic carbocycles. The number of nitrogens with two attached hydrogens (primary N) is 1. The summed E-state index contributed by atoms with van der Waals surface area (Å²) in [6.07, 6.45) is 1.22. The highest BCUT2D eigenvalue weighted by Crippen LogP contribution is 2.30. The second-order valence-electron chi connectivity index (χ2n) is 3.91. The van der Waals surface area contributed by atoms with Gasteiger partial charge in [-0.2, -0.15) is 11.3 Å². The fraction of sp³-hybridized carbons (Fsp3) is 0.556. The van der Waals surface area contributed by atoms with E-state index >= 15 is 0 Å². The Labute approximate surface area is 88.9 Å². The monoisotopic (exact) mass is 233 g/mol. The lowest BCUT2D eigenvalue weighted by atomic mass is 9.99. The molecule has 2 N–H and O–H groups in total. The Morgan fingerprint density at radius 3 is 2.43 bits per heavy atom. The summed E-state index contributed by atoms with van der Waals surface area (Å²) in [6.45, 7) is 3.31. The van der Waals surface area contributed by atoms with Crippen molar-refractivity contribution >= 4 is 21.2 Å². The zero-order valence-corrected chi connectivity index (χ0v) is 10.2. The van der Waals surface area contributed by atoms with Gasteiger partial charge in [-0.3, -0.25) is 0 Å². The van der Waals surface area contributed by atoms with Gasteiger partial charge < -0.3 is 5.73 Å². The summed E-state index contributed by atoms with van der Waals surface area (Å²) < 4.78 is 22.1. The van der Waals surface area contributed by atoms with Crippen molar-refractivity contribution in [3.63, 3.8) is 0 Å². The first-order valence-electron chi connectivity index (χ1n) is 4.24. The van der Waals surface area contributed by atoms with E-state index in [-0.39, 0.29) is 0 Å². The third-order valence-electron chi connectivity index (χ3n) is 2.61. The largest absolute Gasteiger partial charge is 0.323 e. The van der Waals surface area contributed by atoms with Gasteiger partial charge >= 0.3 is 0 Å². The molecule has 1 heterocycles. The lowest BCUT2D eigenvalue weighted by Gasteiger charge is -2.29. The van der Waals surface area contributed by atoms with Gasteiger partial charge in [0.05, 0.1) is 4.75 Å². The standard InChI is InChI=1S/C9H15NO2S2/c1-9(2,14(3,11)12)8(10)7-4-5-13-6-7/h4-6,8H,10H2,1-3H3. The van der Waals surface area contributed by atoms with Crippen molar-refractivity contribution in [1.82, 2.24) is 0 Å². The molecule has 1 unspecified atom stereocenters. The molecule has 3 nitrogen and oxygen atoms in total. The van der Waals surface area contributed by atoms with E-state index in [4.69, 9.17) is 5.73 Å². The highest BCUT2D eigenvalue weighted by molar-refractivity contribution is 7.92. The second kappa shape index (κ2) is 3.64. The quantitative estimate of drug-likeness (QED) is 0.862. The molecule has 1 atom stereocenters. The topological polar surface area (TPSA) is 60.2 Å². The van der Waals surface area contributed by atoms with E-state index in [9.17, 15) is 8.42 Å². The third kappa shape index (κ3) is 1.99. The first-order chi connectivity index (χ1) is 6.27. The summed E-state index contributed by atoms with van der Waals surface area (Å²) in [5.41, 5.74) is 6.81. The van der Waals surface area contributed by atoms with Crippen LogP contribution in [0.25, 0.3) is 0 Å². The molecule has 0 amide bonds. The molecule has 14 heavy (non-hydrogen) atoms. The highest BCUT2D eigenvalue weighted by atomic mass is 32.2. The Hall–Kier alpha value is -0.390. The van der Waals surface area contributed by atoms with Gasteiger partial charge in [-0.15, -0.1) is 0 Å². The summed E-state index contributed by atoms with van der Waals surface area (Å²) in [5.74, 6) is 0. The van der Waals surface area contributed by atoms with E-state index in [1.807, 2.05) is 16.8 Å². The molecular formula is C9H15NO2S2. The molecule has 0 fully saturated rings. The second-order valence-corrected chi connectivity index (χ2v) is 7.29. The Bertz CT molecular complexity index is 392. The molecule has 0 bridgehead atoms. The minimum Gasteiger partial charge on any atom is -0.323 e. The van der Waals surface area contributed by atoms with E-state index < -0.39 is 20.6 Å². The van der Waals surface area contributed by atoms with Crippen LogP contribution in [0.4, 0.5) is 0 Å². The van der Waals surface area contributed by atoms with Crippen LogP contribution in [0.5, 0.6) is 0 Å². The third-order valence-corrected chi connectivity index (χ3v) is 5.47. The zero-order valence-electron chi connectivity index (χ0n) is 8.52. The molecule has 0 saturated heterocycles. The van der Waals surface area contributed by atoms with Crippen molar-refractivity contribution in [2.75, 3.05) is 6.26 Å². The van der Waals surface area contributed by atoms with Crippen molar-refractivity contribution in [3.8, 4) is 0 Å². The lowest BCUT2D eigenvalue weighted by Crippen LogP contribution is -2.42. The van der Waals surface area contributed by atoms with Crippen LogP contribution >= 0.6 is 11.3 Å². The Kier molecular flexibility index (Phi) is 3.04. The van der Waals surface area contributed by atoms with Crippen LogP contribution in [0.15, 0.2) is 16.8 Å². The van der Waals surface area contributed by atoms with E-state index in [0.717, 1.165) is 5.56 Å². The number of hydrogen-bond acceptors (Lipinski definition) is 4. The van der Waals surface area contributed by atoms with Crippen molar-refractivity contribution in [2.24, 2.45) is 5.73 Å². The Morgan fingerprint density at radius 2 is 2.07 bits per heavy atom. The molecule has 0 radical (unpaired) electrons. The Morgan fingerprint density at radius 1 is 1.50 bits per heavy atom. The molecule has 0 aliphatic heterocycles. The SMILES string of the molecule is CC(C)(C(N)c1ccsc1)S(C)(=O)=O. The minimum atomic E-state index is -3.15. The molecule has 80 valence electrons. The summed E-state index contributed by atoms with van der Waals surface area (Å²) in [5, 5.41) is 3.78. The van der Waals surface area contributed by atoms with E-state index in [1.165, 1.54) is 17.6 Å². The predicted molar refractivity (Wildman–Crippen MR) is 60.2 cm³/mol. The first kappa shape index (κ1) is 11.7. The molecular weight excluding hydrogens is 218 g/mol. The highest BCUT2D eigenvalue weighted by Gasteiger charge is 2.37. The normalized spacial score (nSPS) is 15.4. The van der Waals surface area contributed by atoms with Gasteiger partial charge in [0.1, 0.15) is 0 Å². The number of rotatable bonds is 3. The molecule has 0 saturated carbocycles. The number of hydrogen-bond donors (Lipinski definition) is 1. The average Bonchev–Trinajstić information content (AvgIpc) is 2.52. The Balaban J connectivity index is 3.07. The summed E-state index contributed by atoms with van der Waals surface area (Å²) >= 11 is 1.52. The van der Waals surface area contributed by atoms with Crippen molar-refractivity contribution < 1.29 is 8.42 Å². The van der Waals surface area contributed by atoms with Gasteiger partial charge in [-0.05, 0) is 36.2 Å². The molecule has 1 aromatic heterocycles. The maximum Gasteiger partial charge on any atom is 0.154 e. The molecule has 1 aromatic rings. The van der Waals surface area contributed by atoms with Gasteiger partial charge in [-0.1, -0.05) is 0 Å². The minimum absolute atomic E-state index is 0.469. The van der Waals surface area contributed by atoms with Crippen molar-refractivity contribution in [3.05, 3.63) is 22.4 Å². The number of thiophene rings is 1. The summed E-state index contributed by atoms with van der Waals surface area (Å²) in [4.78, 5) is 0. The van der Waals surface area contributed by atoms with E-state index in [1.54, 1.807) is 13.8 Å². The van der Waals surface area contributed by atoms with Crippen LogP contribution in [0.1, 0.15) is 25.5 Å². The van der Waals surface area contributed by atoms with Crippen LogP contribution in [0.3, 0.4) is 0 Å². The molecule has 0 aliphatic carbocycles. The van der Waals surface area contributed by atoms with Crippen LogP contribution in [0, 0.1) is 0 Å². The van der Waals surface area contributed by atoms with Crippen molar-refractivity contribution in [1.29, 1.82) is 0 Å². The molecule has 0 aliphatic rings. The first-order valence-corrected chi connectivity index (χ1v) is 7.07. The van der Waals surface area contributed by atoms with Crippen LogP contribution < -0.4 is 5.73 Å². The van der Waals surface area contributed by atoms with Gasteiger partial charge in [0, 0.05) is 12.3 Å². The molecule has 5 heteroatoms. The van der Waals surface area contributed by atoms with Crippen molar-refractivity contribution in [2.45, 2.75) is 24.6 Å². The molecule has 1 rings (SSSR count). The lowest BCUT2D eigenvalue weighted by molar-refractivity contribution is 0.497. The van der Waals surface area contributed by atoms with Gasteiger partial charge in [0.2, 0.25) is 0 Å². The molecule has 0 spiro atoms. The zero-order chi connectivity index (χ0) is 11.0. The van der Waals surface area contributed by atoms with Crippen LogP contribution in [-0.4, -0.2) is 19.4 Å². The summed E-state index contributed by atoms with van der Waals surface area (Å²) in [6, 6.07) is 1.39. The van der Waals surface area contributed by atoms with Gasteiger partial charge in [0.15, 0.2) is 9.84 Å². The smallest absolute Gasteiger partial charge is 0.154 e. The van der Waals surface area contributed by atoms with Crippen LogP contribution in [0.2, 0.25) is 0 Å². The number of sulfone groups is 1. The van der Waals surface area contributed by atoms with E-state index in [0.29, 0.717) is 0 Å². The fourth-order valence-electron chi connectivity index (χ4n) is 1.08. The summed E-state index contributed by atoms with van der Waals surface area (Å²) in [7, 11) is -3.15. The maximum atomic E-state index is 11.5. The van der Waals surface area contributed by atoms with Gasteiger partial charge in [0.25, 0.3) is 0 Å². The van der Waals surface area contributed by atoms with Crippen LogP contribution in [-0.2, 0) is 9.84 Å². The van der Waals surface area contributed by atoms with E-state index in [2.05, 4.69) is 0 Å². The predicted octanol–water partition coefficient (Wildman–Crippen LogP) is 1.57. The average molecular weight is 233 g/mol. The van der Waals surface area contributed by atoms with Gasteiger partial charge in [-0.25, -0.2) is 8.42 Å². The fourth-order valence-corrected chi connectivity index (χ4v) is 2.38. The maximum absolute atomic E-state index is 11.5.